The van der Waals surface area contributed by atoms with Crippen LogP contribution in [0.2, 0.25) is 0 Å². The van der Waals surface area contributed by atoms with Crippen LogP contribution < -0.4 is 0 Å². The molecule has 1 N–H and O–H groups in total. The van der Waals surface area contributed by atoms with Crippen molar-refractivity contribution in [1.82, 2.24) is 4.90 Å². The van der Waals surface area contributed by atoms with E-state index in [0.29, 0.717) is 6.04 Å². The molecule has 1 unspecified atom stereocenters. The van der Waals surface area contributed by atoms with Gasteiger partial charge in [-0.2, -0.15) is 0 Å². The maximum absolute atomic E-state index is 12.0. The Labute approximate surface area is 151 Å². The van der Waals surface area contributed by atoms with E-state index in [9.17, 15) is 19.7 Å². The van der Waals surface area contributed by atoms with Crippen molar-refractivity contribution in [2.45, 2.75) is 25.8 Å². The van der Waals surface area contributed by atoms with E-state index in [0.717, 1.165) is 37.1 Å². The Kier molecular flexibility index (Phi) is 6.43. The number of nitro groups is 1. The molecule has 1 aliphatic heterocycles. The number of non-ortho nitro benzene ring substituents is 1. The first-order valence-corrected chi connectivity index (χ1v) is 8.24. The first-order valence-electron chi connectivity index (χ1n) is 8.24. The number of carbonyl (C=O) groups is 2. The summed E-state index contributed by atoms with van der Waals surface area (Å²) in [6.07, 6.45) is 2.28. The van der Waals surface area contributed by atoms with E-state index in [-0.39, 0.29) is 17.2 Å². The molecule has 0 aliphatic carbocycles. The summed E-state index contributed by atoms with van der Waals surface area (Å²) in [5, 5.41) is 18.6. The van der Waals surface area contributed by atoms with Gasteiger partial charge in [-0.05, 0) is 44.0 Å². The van der Waals surface area contributed by atoms with Gasteiger partial charge in [0, 0.05) is 30.3 Å². The van der Waals surface area contributed by atoms with Gasteiger partial charge in [0.2, 0.25) is 0 Å². The number of benzene rings is 2. The lowest BCUT2D eigenvalue weighted by atomic mass is 10.2. The van der Waals surface area contributed by atoms with Crippen molar-refractivity contribution in [2.75, 3.05) is 6.54 Å². The van der Waals surface area contributed by atoms with E-state index in [1.54, 1.807) is 0 Å². The molecule has 1 heterocycles. The Morgan fingerprint density at radius 1 is 1.08 bits per heavy atom. The van der Waals surface area contributed by atoms with Crippen LogP contribution in [-0.4, -0.2) is 39.4 Å². The molecule has 3 rings (SSSR count). The van der Waals surface area contributed by atoms with Crippen molar-refractivity contribution in [1.29, 1.82) is 0 Å². The monoisotopic (exact) mass is 356 g/mol. The molecule has 1 atom stereocenters. The Bertz CT molecular complexity index is 741. The lowest BCUT2D eigenvalue weighted by Crippen LogP contribution is -2.33. The molecule has 1 fully saturated rings. The third-order valence-corrected chi connectivity index (χ3v) is 4.16. The van der Waals surface area contributed by atoms with Crippen LogP contribution in [-0.2, 0) is 0 Å². The van der Waals surface area contributed by atoms with E-state index >= 15 is 0 Å². The molecular formula is C19H20N2O5. The first kappa shape index (κ1) is 19.1. The number of nitrogens with zero attached hydrogens (tertiary/aromatic N) is 2. The summed E-state index contributed by atoms with van der Waals surface area (Å²) < 4.78 is 0. The number of hydrogen-bond donors (Lipinski definition) is 1. The Morgan fingerprint density at radius 3 is 2.15 bits per heavy atom. The van der Waals surface area contributed by atoms with Gasteiger partial charge >= 0.3 is 5.97 Å². The second-order valence-corrected chi connectivity index (χ2v) is 5.96. The zero-order valence-corrected chi connectivity index (χ0v) is 14.4. The molecule has 0 spiro atoms. The molecule has 2 aromatic rings. The molecule has 0 bridgehead atoms. The SMILES string of the molecule is CC1CCCN1C(=O)c1ccccc1.O=C(O)c1ccc([N+](=O)[O-])cc1. The topological polar surface area (TPSA) is 101 Å². The standard InChI is InChI=1S/C12H15NO.C7H5NO4/c1-10-6-5-9-13(10)12(14)11-7-3-2-4-8-11;9-7(10)5-1-3-6(4-2-5)8(11)12/h2-4,7-8,10H,5-6,9H2,1H3;1-4H,(H,9,10). The molecule has 7 heteroatoms. The van der Waals surface area contributed by atoms with Crippen molar-refractivity contribution < 1.29 is 19.6 Å². The fourth-order valence-electron chi connectivity index (χ4n) is 2.71. The van der Waals surface area contributed by atoms with Crippen LogP contribution in [0.4, 0.5) is 5.69 Å². The molecular weight excluding hydrogens is 336 g/mol. The average Bonchev–Trinajstić information content (AvgIpc) is 3.08. The number of carbonyl (C=O) groups excluding carboxylic acids is 1. The van der Waals surface area contributed by atoms with Crippen LogP contribution in [0.3, 0.4) is 0 Å². The number of rotatable bonds is 3. The van der Waals surface area contributed by atoms with Crippen molar-refractivity contribution in [3.8, 4) is 0 Å². The Balaban J connectivity index is 0.000000190. The summed E-state index contributed by atoms with van der Waals surface area (Å²) in [7, 11) is 0. The molecule has 1 amide bonds. The predicted octanol–water partition coefficient (Wildman–Crippen LogP) is 3.60. The lowest BCUT2D eigenvalue weighted by molar-refractivity contribution is -0.384. The van der Waals surface area contributed by atoms with Crippen LogP contribution in [0.15, 0.2) is 54.6 Å². The maximum Gasteiger partial charge on any atom is 0.335 e. The van der Waals surface area contributed by atoms with Crippen molar-refractivity contribution in [3.05, 3.63) is 75.8 Å². The largest absolute Gasteiger partial charge is 0.478 e. The summed E-state index contributed by atoms with van der Waals surface area (Å²) in [5.74, 6) is -0.916. The highest BCUT2D eigenvalue weighted by molar-refractivity contribution is 5.94. The highest BCUT2D eigenvalue weighted by atomic mass is 16.6. The molecule has 1 saturated heterocycles. The van der Waals surface area contributed by atoms with E-state index in [1.807, 2.05) is 35.2 Å². The van der Waals surface area contributed by atoms with Gasteiger partial charge in [-0.15, -0.1) is 0 Å². The minimum atomic E-state index is -1.09. The van der Waals surface area contributed by atoms with E-state index in [2.05, 4.69) is 6.92 Å². The van der Waals surface area contributed by atoms with Gasteiger partial charge in [-0.1, -0.05) is 18.2 Å². The van der Waals surface area contributed by atoms with Crippen LogP contribution in [0, 0.1) is 10.1 Å². The normalized spacial score (nSPS) is 15.7. The minimum absolute atomic E-state index is 0.0422. The Morgan fingerprint density at radius 2 is 1.69 bits per heavy atom. The van der Waals surface area contributed by atoms with Gasteiger partial charge in [0.05, 0.1) is 10.5 Å². The molecule has 0 saturated carbocycles. The molecule has 1 aliphatic rings. The molecule has 2 aromatic carbocycles. The summed E-state index contributed by atoms with van der Waals surface area (Å²) >= 11 is 0. The number of hydrogen-bond acceptors (Lipinski definition) is 4. The second kappa shape index (κ2) is 8.75. The summed E-state index contributed by atoms with van der Waals surface area (Å²) in [4.78, 5) is 33.8. The molecule has 0 radical (unpaired) electrons. The number of carboxylic acids is 1. The molecule has 26 heavy (non-hydrogen) atoms. The highest BCUT2D eigenvalue weighted by Gasteiger charge is 2.25. The molecule has 136 valence electrons. The van der Waals surface area contributed by atoms with Crippen LogP contribution in [0.5, 0.6) is 0 Å². The number of nitro benzene ring substituents is 1. The maximum atomic E-state index is 12.0. The summed E-state index contributed by atoms with van der Waals surface area (Å²) in [6, 6.07) is 14.6. The molecule has 0 aromatic heterocycles. The van der Waals surface area contributed by atoms with Gasteiger partial charge in [-0.25, -0.2) is 4.79 Å². The van der Waals surface area contributed by atoms with Gasteiger partial charge in [0.1, 0.15) is 0 Å². The fraction of sp³-hybridized carbons (Fsp3) is 0.263. The number of carboxylic acid groups (broad SMARTS) is 1. The van der Waals surface area contributed by atoms with E-state index < -0.39 is 10.9 Å². The van der Waals surface area contributed by atoms with Gasteiger partial charge < -0.3 is 10.0 Å². The zero-order chi connectivity index (χ0) is 19.1. The van der Waals surface area contributed by atoms with Gasteiger partial charge in [0.15, 0.2) is 0 Å². The van der Waals surface area contributed by atoms with Gasteiger partial charge in [-0.3, -0.25) is 14.9 Å². The smallest absolute Gasteiger partial charge is 0.335 e. The predicted molar refractivity (Wildman–Crippen MR) is 96.2 cm³/mol. The van der Waals surface area contributed by atoms with Crippen molar-refractivity contribution in [3.63, 3.8) is 0 Å². The van der Waals surface area contributed by atoms with Crippen LogP contribution in [0.1, 0.15) is 40.5 Å². The number of likely N-dealkylation sites (tertiary alicyclic amines) is 1. The van der Waals surface area contributed by atoms with Crippen molar-refractivity contribution >= 4 is 17.6 Å². The van der Waals surface area contributed by atoms with E-state index in [1.165, 1.54) is 12.1 Å². The quantitative estimate of drug-likeness (QED) is 0.669. The van der Waals surface area contributed by atoms with Crippen LogP contribution >= 0.6 is 0 Å². The second-order valence-electron chi connectivity index (χ2n) is 5.96. The first-order chi connectivity index (χ1) is 12.4. The number of aromatic carboxylic acids is 1. The minimum Gasteiger partial charge on any atom is -0.478 e. The third kappa shape index (κ3) is 4.89. The van der Waals surface area contributed by atoms with E-state index in [4.69, 9.17) is 5.11 Å². The fourth-order valence-corrected chi connectivity index (χ4v) is 2.71. The summed E-state index contributed by atoms with van der Waals surface area (Å²) in [6.45, 7) is 3.03. The molecule has 7 nitrogen and oxygen atoms in total. The Hall–Kier alpha value is -3.22. The average molecular weight is 356 g/mol. The van der Waals surface area contributed by atoms with Gasteiger partial charge in [0.25, 0.3) is 11.6 Å². The van der Waals surface area contributed by atoms with Crippen LogP contribution in [0.25, 0.3) is 0 Å². The third-order valence-electron chi connectivity index (χ3n) is 4.16. The highest BCUT2D eigenvalue weighted by Crippen LogP contribution is 2.19. The zero-order valence-electron chi connectivity index (χ0n) is 14.4. The lowest BCUT2D eigenvalue weighted by Gasteiger charge is -2.21. The van der Waals surface area contributed by atoms with Crippen molar-refractivity contribution in [2.24, 2.45) is 0 Å². The summed E-state index contributed by atoms with van der Waals surface area (Å²) in [5.41, 5.74) is 0.738. The number of amides is 1.